The zero-order valence-electron chi connectivity index (χ0n) is 13.5. The van der Waals surface area contributed by atoms with Crippen molar-refractivity contribution in [2.24, 2.45) is 12.5 Å². The third-order valence-electron chi connectivity index (χ3n) is 5.19. The zero-order chi connectivity index (χ0) is 15.9. The minimum Gasteiger partial charge on any atom is -0.337 e. The summed E-state index contributed by atoms with van der Waals surface area (Å²) in [5, 5.41) is 0. The number of carbonyl (C=O) groups is 1. The van der Waals surface area contributed by atoms with Crippen LogP contribution in [0.25, 0.3) is 0 Å². The van der Waals surface area contributed by atoms with Crippen molar-refractivity contribution in [2.75, 3.05) is 24.5 Å². The number of nitrogens with zero attached hydrogens (tertiary/aromatic N) is 4. The van der Waals surface area contributed by atoms with E-state index in [1.807, 2.05) is 54.7 Å². The van der Waals surface area contributed by atoms with Crippen molar-refractivity contribution in [3.8, 4) is 0 Å². The quantitative estimate of drug-likeness (QED) is 0.871. The first kappa shape index (κ1) is 14.5. The SMILES string of the molecule is Cn1ccnc1CN1CC[C@]2(CC(=O)N(c3ccccc3)C2)C1. The van der Waals surface area contributed by atoms with Gasteiger partial charge in [-0.15, -0.1) is 0 Å². The number of aromatic nitrogens is 2. The highest BCUT2D eigenvalue weighted by atomic mass is 16.2. The standard InChI is InChI=1S/C18H22N4O/c1-20-10-8-19-16(20)12-21-9-7-18(13-21)11-17(23)22(14-18)15-5-3-2-4-6-15/h2-6,8,10H,7,9,11-14H2,1H3/t18-/m0/s1. The molecular formula is C18H22N4O. The highest BCUT2D eigenvalue weighted by Gasteiger charge is 2.47. The first-order valence-corrected chi connectivity index (χ1v) is 8.19. The van der Waals surface area contributed by atoms with E-state index in [2.05, 4.69) is 14.5 Å². The van der Waals surface area contributed by atoms with Crippen LogP contribution in [0, 0.1) is 5.41 Å². The highest BCUT2D eigenvalue weighted by Crippen LogP contribution is 2.42. The summed E-state index contributed by atoms with van der Waals surface area (Å²) in [7, 11) is 2.03. The number of amides is 1. The van der Waals surface area contributed by atoms with Gasteiger partial charge in [0.2, 0.25) is 5.91 Å². The van der Waals surface area contributed by atoms with Crippen LogP contribution in [0.3, 0.4) is 0 Å². The van der Waals surface area contributed by atoms with Crippen molar-refractivity contribution in [1.82, 2.24) is 14.5 Å². The van der Waals surface area contributed by atoms with Gasteiger partial charge in [0.25, 0.3) is 0 Å². The van der Waals surface area contributed by atoms with E-state index < -0.39 is 0 Å². The normalized spacial score (nSPS) is 24.9. The molecule has 0 radical (unpaired) electrons. The van der Waals surface area contributed by atoms with Gasteiger partial charge in [0.1, 0.15) is 5.82 Å². The van der Waals surface area contributed by atoms with E-state index in [9.17, 15) is 4.79 Å². The van der Waals surface area contributed by atoms with E-state index >= 15 is 0 Å². The molecule has 5 heteroatoms. The van der Waals surface area contributed by atoms with E-state index in [1.165, 1.54) is 0 Å². The van der Waals surface area contributed by atoms with E-state index in [1.54, 1.807) is 0 Å². The second-order valence-corrected chi connectivity index (χ2v) is 6.91. The summed E-state index contributed by atoms with van der Waals surface area (Å²) in [4.78, 5) is 21.3. The van der Waals surface area contributed by atoms with Gasteiger partial charge < -0.3 is 9.47 Å². The molecule has 0 bridgehead atoms. The van der Waals surface area contributed by atoms with Crippen LogP contribution in [0.15, 0.2) is 42.7 Å². The Labute approximate surface area is 136 Å². The minimum atomic E-state index is 0.109. The van der Waals surface area contributed by atoms with Crippen LogP contribution >= 0.6 is 0 Å². The molecule has 23 heavy (non-hydrogen) atoms. The average Bonchev–Trinajstić information content (AvgIpc) is 3.22. The van der Waals surface area contributed by atoms with Crippen LogP contribution in [0.1, 0.15) is 18.7 Å². The second-order valence-electron chi connectivity index (χ2n) is 6.91. The van der Waals surface area contributed by atoms with Crippen molar-refractivity contribution in [3.63, 3.8) is 0 Å². The molecule has 120 valence electrons. The summed E-state index contributed by atoms with van der Waals surface area (Å²) >= 11 is 0. The van der Waals surface area contributed by atoms with Crippen molar-refractivity contribution < 1.29 is 4.79 Å². The highest BCUT2D eigenvalue weighted by molar-refractivity contribution is 5.96. The van der Waals surface area contributed by atoms with E-state index in [0.29, 0.717) is 6.42 Å². The van der Waals surface area contributed by atoms with E-state index in [4.69, 9.17) is 0 Å². The van der Waals surface area contributed by atoms with Crippen LogP contribution in [0.2, 0.25) is 0 Å². The smallest absolute Gasteiger partial charge is 0.227 e. The Bertz CT molecular complexity index is 711. The number of rotatable bonds is 3. The molecule has 1 atom stereocenters. The number of likely N-dealkylation sites (tertiary alicyclic amines) is 1. The topological polar surface area (TPSA) is 41.4 Å². The summed E-state index contributed by atoms with van der Waals surface area (Å²) in [5.41, 5.74) is 1.13. The Kier molecular flexibility index (Phi) is 3.45. The lowest BCUT2D eigenvalue weighted by molar-refractivity contribution is -0.117. The van der Waals surface area contributed by atoms with Crippen LogP contribution in [0.4, 0.5) is 5.69 Å². The molecule has 0 unspecified atom stereocenters. The Morgan fingerprint density at radius 2 is 2.04 bits per heavy atom. The number of hydrogen-bond donors (Lipinski definition) is 0. The fourth-order valence-electron chi connectivity index (χ4n) is 3.92. The lowest BCUT2D eigenvalue weighted by Gasteiger charge is -2.24. The fourth-order valence-corrected chi connectivity index (χ4v) is 3.92. The minimum absolute atomic E-state index is 0.109. The van der Waals surface area contributed by atoms with Crippen LogP contribution in [-0.4, -0.2) is 40.0 Å². The molecule has 2 fully saturated rings. The second kappa shape index (κ2) is 5.49. The molecule has 0 aliphatic carbocycles. The Hall–Kier alpha value is -2.14. The average molecular weight is 310 g/mol. The molecule has 2 aromatic rings. The van der Waals surface area contributed by atoms with Gasteiger partial charge in [-0.3, -0.25) is 9.69 Å². The van der Waals surface area contributed by atoms with Crippen LogP contribution in [0.5, 0.6) is 0 Å². The molecule has 3 heterocycles. The molecular weight excluding hydrogens is 288 g/mol. The van der Waals surface area contributed by atoms with Gasteiger partial charge in [-0.2, -0.15) is 0 Å². The lowest BCUT2D eigenvalue weighted by Crippen LogP contribution is -2.31. The van der Waals surface area contributed by atoms with Gasteiger partial charge >= 0.3 is 0 Å². The van der Waals surface area contributed by atoms with E-state index in [0.717, 1.165) is 44.1 Å². The maximum atomic E-state index is 12.5. The van der Waals surface area contributed by atoms with Gasteiger partial charge in [0.15, 0.2) is 0 Å². The molecule has 4 rings (SSSR count). The van der Waals surface area contributed by atoms with Gasteiger partial charge in [-0.05, 0) is 25.1 Å². The molecule has 1 amide bonds. The summed E-state index contributed by atoms with van der Waals surface area (Å²) in [5.74, 6) is 1.35. The first-order chi connectivity index (χ1) is 11.2. The predicted molar refractivity (Wildman–Crippen MR) is 88.9 cm³/mol. The van der Waals surface area contributed by atoms with Gasteiger partial charge in [0, 0.05) is 50.1 Å². The first-order valence-electron chi connectivity index (χ1n) is 8.19. The number of anilines is 1. The molecule has 1 spiro atoms. The maximum Gasteiger partial charge on any atom is 0.227 e. The van der Waals surface area contributed by atoms with E-state index in [-0.39, 0.29) is 11.3 Å². The Morgan fingerprint density at radius 1 is 1.22 bits per heavy atom. The Morgan fingerprint density at radius 3 is 2.78 bits per heavy atom. The molecule has 2 aliphatic heterocycles. The fraction of sp³-hybridized carbons (Fsp3) is 0.444. The van der Waals surface area contributed by atoms with Crippen molar-refractivity contribution in [2.45, 2.75) is 19.4 Å². The monoisotopic (exact) mass is 310 g/mol. The molecule has 1 aromatic heterocycles. The molecule has 5 nitrogen and oxygen atoms in total. The molecule has 1 aromatic carbocycles. The number of benzene rings is 1. The predicted octanol–water partition coefficient (Wildman–Crippen LogP) is 2.05. The third-order valence-corrected chi connectivity index (χ3v) is 5.19. The summed E-state index contributed by atoms with van der Waals surface area (Å²) in [6, 6.07) is 10.0. The third kappa shape index (κ3) is 2.65. The molecule has 0 N–H and O–H groups in total. The summed E-state index contributed by atoms with van der Waals surface area (Å²) in [6.07, 6.45) is 5.58. The van der Waals surface area contributed by atoms with Gasteiger partial charge in [-0.25, -0.2) is 4.98 Å². The Balaban J connectivity index is 1.46. The molecule has 0 saturated carbocycles. The van der Waals surface area contributed by atoms with Gasteiger partial charge in [0.05, 0.1) is 6.54 Å². The largest absolute Gasteiger partial charge is 0.337 e. The van der Waals surface area contributed by atoms with Crippen molar-refractivity contribution in [3.05, 3.63) is 48.5 Å². The number of aryl methyl sites for hydroxylation is 1. The van der Waals surface area contributed by atoms with Crippen molar-refractivity contribution >= 4 is 11.6 Å². The van der Waals surface area contributed by atoms with Crippen LogP contribution in [-0.2, 0) is 18.4 Å². The molecule has 2 aliphatic rings. The maximum absolute atomic E-state index is 12.5. The van der Waals surface area contributed by atoms with Crippen molar-refractivity contribution in [1.29, 1.82) is 0 Å². The summed E-state index contributed by atoms with van der Waals surface area (Å²) < 4.78 is 2.07. The van der Waals surface area contributed by atoms with Gasteiger partial charge in [-0.1, -0.05) is 18.2 Å². The summed E-state index contributed by atoms with van der Waals surface area (Å²) in [6.45, 7) is 3.73. The number of imidazole rings is 1. The number of hydrogen-bond acceptors (Lipinski definition) is 3. The number of para-hydroxylation sites is 1. The molecule has 2 saturated heterocycles. The van der Waals surface area contributed by atoms with Crippen LogP contribution < -0.4 is 4.90 Å². The zero-order valence-corrected chi connectivity index (χ0v) is 13.5. The lowest BCUT2D eigenvalue weighted by atomic mass is 9.86. The number of carbonyl (C=O) groups excluding carboxylic acids is 1.